The first-order chi connectivity index (χ1) is 16.8. The van der Waals surface area contributed by atoms with E-state index in [1.165, 1.54) is 13.1 Å². The van der Waals surface area contributed by atoms with Gasteiger partial charge >= 0.3 is 25.8 Å². The van der Waals surface area contributed by atoms with Crippen molar-refractivity contribution in [2.75, 3.05) is 11.9 Å². The van der Waals surface area contributed by atoms with E-state index in [1.54, 1.807) is 27.7 Å². The highest BCUT2D eigenvalue weighted by Crippen LogP contribution is 2.24. The van der Waals surface area contributed by atoms with E-state index in [2.05, 4.69) is 26.0 Å². The van der Waals surface area contributed by atoms with E-state index in [4.69, 9.17) is 36.1 Å². The minimum atomic E-state index is -2.60. The van der Waals surface area contributed by atoms with Gasteiger partial charge in [0.25, 0.3) is 5.56 Å². The van der Waals surface area contributed by atoms with Gasteiger partial charge in [0.15, 0.2) is 0 Å². The Hall–Kier alpha value is -1.67. The highest BCUT2D eigenvalue weighted by Gasteiger charge is 2.35. The van der Waals surface area contributed by atoms with Crippen molar-refractivity contribution in [1.82, 2.24) is 14.6 Å². The Morgan fingerprint density at radius 3 is 2.36 bits per heavy atom. The van der Waals surface area contributed by atoms with E-state index in [0.29, 0.717) is 0 Å². The number of hydrogen-bond donors (Lipinski definition) is 3. The summed E-state index contributed by atoms with van der Waals surface area (Å²) in [5, 5.41) is 2.51. The van der Waals surface area contributed by atoms with Gasteiger partial charge in [-0.2, -0.15) is 0 Å². The molecule has 0 amide bonds. The summed E-state index contributed by atoms with van der Waals surface area (Å²) < 4.78 is 34.8. The van der Waals surface area contributed by atoms with Gasteiger partial charge in [-0.05, 0) is 31.3 Å². The van der Waals surface area contributed by atoms with Crippen LogP contribution in [0.25, 0.3) is 0 Å². The van der Waals surface area contributed by atoms with Crippen LogP contribution in [0.4, 0.5) is 0 Å². The van der Waals surface area contributed by atoms with E-state index in [1.807, 2.05) is 0 Å². The molecule has 0 saturated heterocycles. The van der Waals surface area contributed by atoms with Gasteiger partial charge in [-0.25, -0.2) is 4.79 Å². The largest absolute Gasteiger partial charge is 0.613 e. The second kappa shape index (κ2) is 15.6. The van der Waals surface area contributed by atoms with Gasteiger partial charge in [0.2, 0.25) is 5.56 Å². The number of nitrogens with two attached hydrogens (primary N) is 1. The molecule has 0 aliphatic carbocycles. The number of alkyl halides is 2. The summed E-state index contributed by atoms with van der Waals surface area (Å²) in [6.45, 7) is 7.75. The molecule has 2 unspecified atom stereocenters. The molecular formula is C20H32BrClN4O9P+. The lowest BCUT2D eigenvalue weighted by Gasteiger charge is -2.27. The highest BCUT2D eigenvalue weighted by atomic mass is 79.9. The number of H-pyrrole nitrogens is 1. The highest BCUT2D eigenvalue weighted by molar-refractivity contribution is 9.09. The number of nitrogens with one attached hydrogen (secondary N) is 2. The zero-order chi connectivity index (χ0) is 27.6. The second-order valence-corrected chi connectivity index (χ2v) is 10.4. The summed E-state index contributed by atoms with van der Waals surface area (Å²) >= 11 is 9.50. The fourth-order valence-electron chi connectivity index (χ4n) is 2.47. The molecule has 0 aliphatic rings. The maximum absolute atomic E-state index is 12.4. The van der Waals surface area contributed by atoms with Crippen molar-refractivity contribution < 1.29 is 32.9 Å². The third kappa shape index (κ3) is 10.8. The van der Waals surface area contributed by atoms with Crippen LogP contribution in [0.1, 0.15) is 40.8 Å². The molecule has 1 aromatic heterocycles. The van der Waals surface area contributed by atoms with Crippen LogP contribution >= 0.6 is 35.7 Å². The molecule has 0 saturated carbocycles. The monoisotopic (exact) mass is 617 g/mol. The lowest BCUT2D eigenvalue weighted by atomic mass is 10.1. The van der Waals surface area contributed by atoms with E-state index < -0.39 is 68.0 Å². The summed E-state index contributed by atoms with van der Waals surface area (Å²) in [7, 11) is -2.60. The predicted molar refractivity (Wildman–Crippen MR) is 135 cm³/mol. The first-order valence-corrected chi connectivity index (χ1v) is 13.7. The molecule has 1 aromatic rings. The fourth-order valence-corrected chi connectivity index (χ4v) is 3.93. The Balaban J connectivity index is 3.02. The van der Waals surface area contributed by atoms with Crippen molar-refractivity contribution in [3.05, 3.63) is 33.1 Å². The molecule has 0 bridgehead atoms. The summed E-state index contributed by atoms with van der Waals surface area (Å²) in [6.07, 6.45) is -1.44. The van der Waals surface area contributed by atoms with Crippen molar-refractivity contribution >= 4 is 47.6 Å². The van der Waals surface area contributed by atoms with E-state index in [-0.39, 0.29) is 17.4 Å². The number of aromatic nitrogens is 2. The minimum Gasteiger partial charge on any atom is -0.462 e. The van der Waals surface area contributed by atoms with Crippen LogP contribution in [-0.4, -0.2) is 63.3 Å². The third-order valence-electron chi connectivity index (χ3n) is 4.50. The molecule has 13 nitrogen and oxygen atoms in total. The number of esters is 2. The first kappa shape index (κ1) is 32.4. The molecule has 4 N–H and O–H groups in total. The number of rotatable bonds is 15. The van der Waals surface area contributed by atoms with Crippen LogP contribution in [0.15, 0.2) is 21.9 Å². The van der Waals surface area contributed by atoms with Crippen LogP contribution in [0, 0.1) is 5.92 Å². The van der Waals surface area contributed by atoms with Crippen molar-refractivity contribution in [3.63, 3.8) is 0 Å². The summed E-state index contributed by atoms with van der Waals surface area (Å²) in [4.78, 5) is 49.9. The van der Waals surface area contributed by atoms with Gasteiger partial charge in [0, 0.05) is 17.6 Å². The Morgan fingerprint density at radius 2 is 1.83 bits per heavy atom. The maximum atomic E-state index is 12.4. The first-order valence-electron chi connectivity index (χ1n) is 11.0. The summed E-state index contributed by atoms with van der Waals surface area (Å²) in [5.41, 5.74) is 2.98. The van der Waals surface area contributed by atoms with Gasteiger partial charge < -0.3 is 19.9 Å². The summed E-state index contributed by atoms with van der Waals surface area (Å²) in [6, 6.07) is -0.795. The molecule has 204 valence electrons. The molecular weight excluding hydrogens is 587 g/mol. The van der Waals surface area contributed by atoms with Crippen molar-refractivity contribution in [3.8, 4) is 0 Å². The quantitative estimate of drug-likeness (QED) is 0.147. The van der Waals surface area contributed by atoms with Gasteiger partial charge in [0.05, 0.1) is 6.10 Å². The number of carbonyl (C=O) groups excluding carboxylic acids is 2. The maximum Gasteiger partial charge on any atom is 0.613 e. The normalized spacial score (nSPS) is 16.2. The molecule has 6 atom stereocenters. The third-order valence-corrected chi connectivity index (χ3v) is 6.40. The smallest absolute Gasteiger partial charge is 0.462 e. The predicted octanol–water partition coefficient (Wildman–Crippen LogP) is 1.51. The van der Waals surface area contributed by atoms with E-state index >= 15 is 0 Å². The number of carbonyl (C=O) groups is 2. The lowest BCUT2D eigenvalue weighted by molar-refractivity contribution is -0.160. The van der Waals surface area contributed by atoms with Crippen molar-refractivity contribution in [1.29, 1.82) is 0 Å². The molecule has 0 radical (unpaired) electrons. The molecule has 16 heteroatoms. The minimum absolute atomic E-state index is 0.0565. The molecule has 0 aromatic carbocycles. The Labute approximate surface area is 222 Å². The van der Waals surface area contributed by atoms with Crippen LogP contribution in [0.5, 0.6) is 0 Å². The van der Waals surface area contributed by atoms with Crippen LogP contribution < -0.4 is 22.1 Å². The van der Waals surface area contributed by atoms with Crippen LogP contribution in [0.2, 0.25) is 0 Å². The standard InChI is InChI=1S/C20H31BrClN4O9P/c1-10(2)16(23)19(29)35-17(22)13(9-32-36(31)25-12(5)18(28)33-11(3)4)34-15(8-21)26-7-6-14(27)24-20(26)30/h6-7,10-13,15-17H,8-9,23H2,1-5H3,(H-,24,25,27,30,31)/p+1/t12-,13+,15+,16?,17+/m0/s1. The Bertz CT molecular complexity index is 1010. The topological polar surface area (TPSA) is 181 Å². The zero-order valence-electron chi connectivity index (χ0n) is 20.5. The van der Waals surface area contributed by atoms with Crippen LogP contribution in [-0.2, 0) is 32.9 Å². The average Bonchev–Trinajstić information content (AvgIpc) is 2.78. The molecule has 1 rings (SSSR count). The van der Waals surface area contributed by atoms with Crippen molar-refractivity contribution in [2.24, 2.45) is 11.7 Å². The van der Waals surface area contributed by atoms with Crippen molar-refractivity contribution in [2.45, 2.75) is 70.7 Å². The average molecular weight is 619 g/mol. The fraction of sp³-hybridized carbons (Fsp3) is 0.700. The molecule has 0 fully saturated rings. The SMILES string of the molecule is CC(C)OC(=O)[C@H](C)N[P+](=O)OC[C@@H](O[C@H](CBr)n1ccc(=O)[nH]c1=O)[C@H](Cl)OC(=O)C(N)C(C)C. The lowest BCUT2D eigenvalue weighted by Crippen LogP contribution is -2.43. The van der Waals surface area contributed by atoms with Gasteiger partial charge in [-0.15, -0.1) is 4.52 Å². The number of aromatic amines is 1. The number of nitrogens with zero attached hydrogens (tertiary/aromatic N) is 1. The Kier molecular flexibility index (Phi) is 14.0. The number of hydrogen-bond acceptors (Lipinski definition) is 10. The molecule has 0 spiro atoms. The van der Waals surface area contributed by atoms with Gasteiger partial charge in [-0.1, -0.05) is 46.5 Å². The zero-order valence-corrected chi connectivity index (χ0v) is 23.7. The van der Waals surface area contributed by atoms with E-state index in [9.17, 15) is 23.7 Å². The van der Waals surface area contributed by atoms with Crippen LogP contribution in [0.3, 0.4) is 0 Å². The molecule has 1 heterocycles. The Morgan fingerprint density at radius 1 is 1.19 bits per heavy atom. The van der Waals surface area contributed by atoms with Gasteiger partial charge in [0.1, 0.15) is 31.0 Å². The second-order valence-electron chi connectivity index (χ2n) is 8.25. The molecule has 0 aliphatic heterocycles. The number of halogens is 2. The molecule has 36 heavy (non-hydrogen) atoms. The van der Waals surface area contributed by atoms with E-state index in [0.717, 1.165) is 10.6 Å². The summed E-state index contributed by atoms with van der Waals surface area (Å²) in [5.74, 6) is -1.67. The van der Waals surface area contributed by atoms with Gasteiger partial charge in [-0.3, -0.25) is 23.9 Å². The number of ether oxygens (including phenoxy) is 3.